The van der Waals surface area contributed by atoms with Crippen molar-refractivity contribution in [3.05, 3.63) is 35.6 Å². The Morgan fingerprint density at radius 2 is 2.12 bits per heavy atom. The first-order valence-electron chi connectivity index (χ1n) is 6.24. The topological polar surface area (TPSA) is 20.3 Å². The Morgan fingerprint density at radius 3 is 2.94 bits per heavy atom. The second-order valence-electron chi connectivity index (χ2n) is 5.10. The number of carbonyl (C=O) groups is 1. The maximum Gasteiger partial charge on any atom is 0.135 e. The van der Waals surface area contributed by atoms with Gasteiger partial charge < -0.3 is 0 Å². The lowest BCUT2D eigenvalue weighted by Crippen LogP contribution is -2.38. The Bertz CT molecular complexity index is 446. The van der Waals surface area contributed by atoms with Gasteiger partial charge in [0, 0.05) is 37.9 Å². The molecule has 2 heterocycles. The van der Waals surface area contributed by atoms with Crippen molar-refractivity contribution < 1.29 is 9.18 Å². The molecule has 0 amide bonds. The first kappa shape index (κ1) is 10.9. The summed E-state index contributed by atoms with van der Waals surface area (Å²) >= 11 is 0. The molecule has 90 valence electrons. The Kier molecular flexibility index (Phi) is 2.71. The molecule has 0 aliphatic carbocycles. The van der Waals surface area contributed by atoms with Crippen molar-refractivity contribution in [2.75, 3.05) is 13.1 Å². The summed E-state index contributed by atoms with van der Waals surface area (Å²) in [4.78, 5) is 13.8. The van der Waals surface area contributed by atoms with Crippen molar-refractivity contribution in [2.24, 2.45) is 0 Å². The maximum absolute atomic E-state index is 13.7. The van der Waals surface area contributed by atoms with E-state index in [9.17, 15) is 9.18 Å². The molecule has 3 rings (SSSR count). The molecule has 3 heteroatoms. The molecule has 2 aliphatic heterocycles. The lowest BCUT2D eigenvalue weighted by atomic mass is 9.93. The number of halogens is 1. The van der Waals surface area contributed by atoms with Crippen LogP contribution in [0, 0.1) is 5.82 Å². The first-order valence-corrected chi connectivity index (χ1v) is 6.24. The number of piperidine rings is 1. The summed E-state index contributed by atoms with van der Waals surface area (Å²) < 4.78 is 13.7. The molecule has 2 saturated heterocycles. The molecule has 0 aromatic heterocycles. The monoisotopic (exact) mass is 233 g/mol. The van der Waals surface area contributed by atoms with Gasteiger partial charge in [-0.1, -0.05) is 18.2 Å². The van der Waals surface area contributed by atoms with Gasteiger partial charge in [0.1, 0.15) is 11.6 Å². The van der Waals surface area contributed by atoms with Gasteiger partial charge in [0.25, 0.3) is 0 Å². The molecule has 2 unspecified atom stereocenters. The third kappa shape index (κ3) is 2.00. The lowest BCUT2D eigenvalue weighted by molar-refractivity contribution is -0.122. The van der Waals surface area contributed by atoms with Crippen molar-refractivity contribution in [3.8, 4) is 0 Å². The van der Waals surface area contributed by atoms with Gasteiger partial charge >= 0.3 is 0 Å². The molecule has 1 aromatic rings. The van der Waals surface area contributed by atoms with E-state index in [1.54, 1.807) is 6.07 Å². The highest BCUT2D eigenvalue weighted by Gasteiger charge is 2.37. The van der Waals surface area contributed by atoms with E-state index in [0.717, 1.165) is 25.1 Å². The Labute approximate surface area is 100 Å². The second kappa shape index (κ2) is 4.22. The van der Waals surface area contributed by atoms with Crippen LogP contribution in [0.4, 0.5) is 4.39 Å². The molecular formula is C14H16FNO. The van der Waals surface area contributed by atoms with Crippen LogP contribution in [0.1, 0.15) is 30.7 Å². The minimum absolute atomic E-state index is 0.108. The zero-order valence-electron chi connectivity index (χ0n) is 9.73. The third-order valence-electron chi connectivity index (χ3n) is 4.01. The normalized spacial score (nSPS) is 29.4. The first-order chi connectivity index (χ1) is 8.24. The van der Waals surface area contributed by atoms with Crippen LogP contribution < -0.4 is 0 Å². The third-order valence-corrected chi connectivity index (χ3v) is 4.01. The number of ketones is 1. The summed E-state index contributed by atoms with van der Waals surface area (Å²) in [5, 5.41) is 0. The van der Waals surface area contributed by atoms with Gasteiger partial charge in [0.05, 0.1) is 0 Å². The number of carbonyl (C=O) groups excluding carboxylic acids is 1. The van der Waals surface area contributed by atoms with Crippen LogP contribution in [0.25, 0.3) is 0 Å². The van der Waals surface area contributed by atoms with E-state index in [1.165, 1.54) is 6.07 Å². The van der Waals surface area contributed by atoms with E-state index in [-0.39, 0.29) is 11.7 Å². The molecule has 1 aromatic carbocycles. The van der Waals surface area contributed by atoms with Gasteiger partial charge in [-0.2, -0.15) is 0 Å². The van der Waals surface area contributed by atoms with E-state index in [2.05, 4.69) is 4.90 Å². The lowest BCUT2D eigenvalue weighted by Gasteiger charge is -2.27. The van der Waals surface area contributed by atoms with Gasteiger partial charge in [-0.25, -0.2) is 4.39 Å². The number of benzene rings is 1. The highest BCUT2D eigenvalue weighted by molar-refractivity contribution is 5.80. The minimum atomic E-state index is -0.108. The van der Waals surface area contributed by atoms with Crippen LogP contribution in [0.2, 0.25) is 0 Å². The summed E-state index contributed by atoms with van der Waals surface area (Å²) in [5.41, 5.74) is 0.814. The smallest absolute Gasteiger partial charge is 0.135 e. The molecule has 2 fully saturated rings. The van der Waals surface area contributed by atoms with Crippen molar-refractivity contribution in [2.45, 2.75) is 31.2 Å². The van der Waals surface area contributed by atoms with Crippen molar-refractivity contribution >= 4 is 5.78 Å². The Morgan fingerprint density at radius 1 is 1.29 bits per heavy atom. The van der Waals surface area contributed by atoms with Crippen LogP contribution >= 0.6 is 0 Å². The largest absolute Gasteiger partial charge is 0.300 e. The van der Waals surface area contributed by atoms with E-state index in [4.69, 9.17) is 0 Å². The van der Waals surface area contributed by atoms with E-state index in [1.807, 2.05) is 12.1 Å². The fourth-order valence-corrected chi connectivity index (χ4v) is 3.14. The molecule has 0 radical (unpaired) electrons. The number of nitrogens with zero attached hydrogens (tertiary/aromatic N) is 1. The quantitative estimate of drug-likeness (QED) is 0.742. The molecule has 17 heavy (non-hydrogen) atoms. The van der Waals surface area contributed by atoms with E-state index in [0.29, 0.717) is 24.7 Å². The average molecular weight is 233 g/mol. The minimum Gasteiger partial charge on any atom is -0.300 e. The molecule has 0 spiro atoms. The predicted molar refractivity (Wildman–Crippen MR) is 63.4 cm³/mol. The molecule has 0 N–H and O–H groups in total. The van der Waals surface area contributed by atoms with Gasteiger partial charge in [0.2, 0.25) is 0 Å². The van der Waals surface area contributed by atoms with E-state index >= 15 is 0 Å². The summed E-state index contributed by atoms with van der Waals surface area (Å²) in [6.07, 6.45) is 2.25. The summed E-state index contributed by atoms with van der Waals surface area (Å²) in [6.45, 7) is 1.76. The average Bonchev–Trinajstić information content (AvgIpc) is 2.72. The van der Waals surface area contributed by atoms with Crippen LogP contribution in [-0.2, 0) is 4.79 Å². The summed E-state index contributed by atoms with van der Waals surface area (Å²) in [7, 11) is 0. The van der Waals surface area contributed by atoms with Crippen molar-refractivity contribution in [3.63, 3.8) is 0 Å². The molecule has 2 aliphatic rings. The SMILES string of the molecule is O=C1CCN2CC(c3ccccc3F)CC2C1. The molecule has 0 saturated carbocycles. The van der Waals surface area contributed by atoms with Crippen LogP contribution in [-0.4, -0.2) is 29.8 Å². The van der Waals surface area contributed by atoms with Crippen LogP contribution in [0.5, 0.6) is 0 Å². The second-order valence-corrected chi connectivity index (χ2v) is 5.10. The summed E-state index contributed by atoms with van der Waals surface area (Å²) in [6, 6.07) is 7.37. The predicted octanol–water partition coefficient (Wildman–Crippen LogP) is 2.35. The number of hydrogen-bond donors (Lipinski definition) is 0. The molecule has 2 atom stereocenters. The summed E-state index contributed by atoms with van der Waals surface area (Å²) in [5.74, 6) is 0.510. The van der Waals surface area contributed by atoms with Gasteiger partial charge in [0.15, 0.2) is 0 Å². The Balaban J connectivity index is 1.80. The highest BCUT2D eigenvalue weighted by Crippen LogP contribution is 2.36. The zero-order chi connectivity index (χ0) is 11.8. The van der Waals surface area contributed by atoms with Gasteiger partial charge in [-0.05, 0) is 18.1 Å². The standard InChI is InChI=1S/C14H16FNO/c15-14-4-2-1-3-13(14)10-7-11-8-12(17)5-6-16(11)9-10/h1-4,10-11H,5-9H2. The number of rotatable bonds is 1. The molecule has 2 nitrogen and oxygen atoms in total. The molecule has 0 bridgehead atoms. The van der Waals surface area contributed by atoms with E-state index < -0.39 is 0 Å². The highest BCUT2D eigenvalue weighted by atomic mass is 19.1. The van der Waals surface area contributed by atoms with Gasteiger partial charge in [-0.3, -0.25) is 9.69 Å². The fourth-order valence-electron chi connectivity index (χ4n) is 3.14. The van der Waals surface area contributed by atoms with Crippen LogP contribution in [0.3, 0.4) is 0 Å². The number of fused-ring (bicyclic) bond motifs is 1. The maximum atomic E-state index is 13.7. The fraction of sp³-hybridized carbons (Fsp3) is 0.500. The number of hydrogen-bond acceptors (Lipinski definition) is 2. The Hall–Kier alpha value is -1.22. The van der Waals surface area contributed by atoms with Crippen molar-refractivity contribution in [1.29, 1.82) is 0 Å². The van der Waals surface area contributed by atoms with Crippen LogP contribution in [0.15, 0.2) is 24.3 Å². The van der Waals surface area contributed by atoms with Crippen molar-refractivity contribution in [1.82, 2.24) is 4.90 Å². The zero-order valence-corrected chi connectivity index (χ0v) is 9.73. The number of Topliss-reactive ketones (excluding diaryl/α,β-unsaturated/α-hetero) is 1. The van der Waals surface area contributed by atoms with Gasteiger partial charge in [-0.15, -0.1) is 0 Å². The molecular weight excluding hydrogens is 217 g/mol.